The van der Waals surface area contributed by atoms with Crippen molar-refractivity contribution in [3.8, 4) is 0 Å². The summed E-state index contributed by atoms with van der Waals surface area (Å²) in [6.07, 6.45) is 4.71. The molecule has 1 aliphatic carbocycles. The molecule has 2 N–H and O–H groups in total. The summed E-state index contributed by atoms with van der Waals surface area (Å²) < 4.78 is 0. The molecule has 1 atom stereocenters. The molecule has 1 aliphatic heterocycles. The van der Waals surface area contributed by atoms with Gasteiger partial charge in [-0.1, -0.05) is 19.1 Å². The lowest BCUT2D eigenvalue weighted by atomic mass is 9.87. The van der Waals surface area contributed by atoms with E-state index in [1.807, 2.05) is 24.3 Å². The fraction of sp³-hybridized carbons (Fsp3) is 0.529. The lowest BCUT2D eigenvalue weighted by Gasteiger charge is -2.28. The molecule has 0 radical (unpaired) electrons. The highest BCUT2D eigenvalue weighted by Gasteiger charge is 2.29. The van der Waals surface area contributed by atoms with Gasteiger partial charge in [0.2, 0.25) is 11.8 Å². The molecule has 1 saturated carbocycles. The van der Waals surface area contributed by atoms with Crippen LogP contribution in [0.15, 0.2) is 29.2 Å². The number of amides is 2. The molecule has 22 heavy (non-hydrogen) atoms. The molecule has 0 bridgehead atoms. The van der Waals surface area contributed by atoms with E-state index in [4.69, 9.17) is 0 Å². The van der Waals surface area contributed by atoms with Crippen molar-refractivity contribution in [1.82, 2.24) is 5.32 Å². The molecular weight excluding hydrogens is 296 g/mol. The molecule has 1 aromatic carbocycles. The number of nitrogens with one attached hydrogen (secondary N) is 2. The first-order valence-electron chi connectivity index (χ1n) is 7.97. The van der Waals surface area contributed by atoms with Crippen LogP contribution in [0.5, 0.6) is 0 Å². The highest BCUT2D eigenvalue weighted by molar-refractivity contribution is 8.01. The highest BCUT2D eigenvalue weighted by Crippen LogP contribution is 2.36. The van der Waals surface area contributed by atoms with Gasteiger partial charge in [-0.25, -0.2) is 0 Å². The second-order valence-electron chi connectivity index (χ2n) is 6.32. The van der Waals surface area contributed by atoms with Crippen molar-refractivity contribution in [2.24, 2.45) is 5.92 Å². The number of thioether (sulfide) groups is 1. The topological polar surface area (TPSA) is 58.2 Å². The normalized spacial score (nSPS) is 27.7. The number of benzene rings is 1. The van der Waals surface area contributed by atoms with Crippen molar-refractivity contribution in [2.45, 2.75) is 55.2 Å². The summed E-state index contributed by atoms with van der Waals surface area (Å²) in [5.41, 5.74) is 0.843. The summed E-state index contributed by atoms with van der Waals surface area (Å²) in [5.74, 6) is 0.687. The molecule has 0 unspecified atom stereocenters. The Morgan fingerprint density at radius 1 is 1.27 bits per heavy atom. The largest absolute Gasteiger partial charge is 0.353 e. The van der Waals surface area contributed by atoms with E-state index in [0.717, 1.165) is 29.3 Å². The Labute approximate surface area is 135 Å². The molecule has 1 aromatic rings. The second-order valence-corrected chi connectivity index (χ2v) is 7.56. The van der Waals surface area contributed by atoms with Gasteiger partial charge in [-0.3, -0.25) is 9.59 Å². The van der Waals surface area contributed by atoms with Gasteiger partial charge in [-0.15, -0.1) is 11.8 Å². The Morgan fingerprint density at radius 3 is 2.77 bits per heavy atom. The van der Waals surface area contributed by atoms with Crippen LogP contribution < -0.4 is 10.6 Å². The van der Waals surface area contributed by atoms with Crippen LogP contribution in [-0.2, 0) is 9.59 Å². The third-order valence-electron chi connectivity index (χ3n) is 4.46. The lowest BCUT2D eigenvalue weighted by molar-refractivity contribution is -0.124. The fourth-order valence-corrected chi connectivity index (χ4v) is 4.20. The van der Waals surface area contributed by atoms with Crippen LogP contribution in [0.1, 0.15) is 39.0 Å². The van der Waals surface area contributed by atoms with Crippen LogP contribution in [0.2, 0.25) is 0 Å². The van der Waals surface area contributed by atoms with Gasteiger partial charge in [-0.2, -0.15) is 0 Å². The van der Waals surface area contributed by atoms with Gasteiger partial charge >= 0.3 is 0 Å². The summed E-state index contributed by atoms with van der Waals surface area (Å²) in [7, 11) is 0. The molecule has 2 aliphatic rings. The minimum atomic E-state index is -0.336. The van der Waals surface area contributed by atoms with Gasteiger partial charge in [0, 0.05) is 17.4 Å². The Hall–Kier alpha value is -1.49. The van der Waals surface area contributed by atoms with Gasteiger partial charge < -0.3 is 10.6 Å². The predicted molar refractivity (Wildman–Crippen MR) is 88.9 cm³/mol. The second kappa shape index (κ2) is 6.73. The number of hydrogen-bond donors (Lipinski definition) is 2. The third kappa shape index (κ3) is 3.64. The average Bonchev–Trinajstić information content (AvgIpc) is 2.50. The first kappa shape index (κ1) is 15.4. The quantitative estimate of drug-likeness (QED) is 0.900. The van der Waals surface area contributed by atoms with Crippen molar-refractivity contribution in [3.05, 3.63) is 24.3 Å². The maximum absolute atomic E-state index is 12.2. The summed E-state index contributed by atoms with van der Waals surface area (Å²) in [6.45, 7) is 2.26. The van der Waals surface area contributed by atoms with Crippen molar-refractivity contribution in [2.75, 3.05) is 5.32 Å². The van der Waals surface area contributed by atoms with Crippen LogP contribution in [0.4, 0.5) is 5.69 Å². The van der Waals surface area contributed by atoms with E-state index < -0.39 is 0 Å². The fourth-order valence-electron chi connectivity index (χ4n) is 3.09. The van der Waals surface area contributed by atoms with E-state index in [-0.39, 0.29) is 29.5 Å². The Balaban J connectivity index is 1.54. The predicted octanol–water partition coefficient (Wildman–Crippen LogP) is 3.18. The third-order valence-corrected chi connectivity index (χ3v) is 5.73. The Morgan fingerprint density at radius 2 is 2.00 bits per heavy atom. The van der Waals surface area contributed by atoms with Gasteiger partial charge in [-0.05, 0) is 43.7 Å². The maximum atomic E-state index is 12.2. The zero-order chi connectivity index (χ0) is 15.5. The SMILES string of the molecule is CC1CCC(NC(=O)C[C@@H]2Sc3ccccc3NC2=O)CC1. The molecule has 0 aromatic heterocycles. The molecule has 118 valence electrons. The molecule has 4 nitrogen and oxygen atoms in total. The highest BCUT2D eigenvalue weighted by atomic mass is 32.2. The minimum absolute atomic E-state index is 0.00779. The van der Waals surface area contributed by atoms with Crippen molar-refractivity contribution in [1.29, 1.82) is 0 Å². The molecule has 3 rings (SSSR count). The molecule has 2 amide bonds. The monoisotopic (exact) mass is 318 g/mol. The summed E-state index contributed by atoms with van der Waals surface area (Å²) in [6, 6.07) is 8.00. The Bertz CT molecular complexity index is 568. The van der Waals surface area contributed by atoms with Gasteiger partial charge in [0.1, 0.15) is 0 Å². The van der Waals surface area contributed by atoms with Crippen molar-refractivity contribution in [3.63, 3.8) is 0 Å². The number of para-hydroxylation sites is 1. The number of rotatable bonds is 3. The summed E-state index contributed by atoms with van der Waals surface area (Å²) in [5, 5.41) is 5.65. The van der Waals surface area contributed by atoms with Crippen molar-refractivity contribution >= 4 is 29.3 Å². The smallest absolute Gasteiger partial charge is 0.238 e. The molecule has 1 heterocycles. The van der Waals surface area contributed by atoms with E-state index in [2.05, 4.69) is 17.6 Å². The van der Waals surface area contributed by atoms with Crippen LogP contribution in [0.3, 0.4) is 0 Å². The van der Waals surface area contributed by atoms with Crippen molar-refractivity contribution < 1.29 is 9.59 Å². The molecule has 0 saturated heterocycles. The number of carbonyl (C=O) groups excluding carboxylic acids is 2. The van der Waals surface area contributed by atoms with E-state index in [1.54, 1.807) is 0 Å². The van der Waals surface area contributed by atoms with Gasteiger partial charge in [0.05, 0.1) is 10.9 Å². The first-order valence-corrected chi connectivity index (χ1v) is 8.85. The molecule has 5 heteroatoms. The van der Waals surface area contributed by atoms with Crippen LogP contribution in [0, 0.1) is 5.92 Å². The van der Waals surface area contributed by atoms with E-state index in [0.29, 0.717) is 0 Å². The zero-order valence-corrected chi connectivity index (χ0v) is 13.6. The summed E-state index contributed by atoms with van der Waals surface area (Å²) in [4.78, 5) is 25.4. The number of anilines is 1. The van der Waals surface area contributed by atoms with E-state index in [9.17, 15) is 9.59 Å². The molecule has 1 fully saturated rings. The van der Waals surface area contributed by atoms with Gasteiger partial charge in [0.15, 0.2) is 0 Å². The standard InChI is InChI=1S/C17H22N2O2S/c1-11-6-8-12(9-7-11)18-16(20)10-15-17(21)19-13-4-2-3-5-14(13)22-15/h2-5,11-12,15H,6-10H2,1H3,(H,18,20)(H,19,21)/t11?,12?,15-/m0/s1. The molecular formula is C17H22N2O2S. The Kier molecular flexibility index (Phi) is 4.71. The summed E-state index contributed by atoms with van der Waals surface area (Å²) >= 11 is 1.48. The number of hydrogen-bond acceptors (Lipinski definition) is 3. The van der Waals surface area contributed by atoms with Crippen LogP contribution in [0.25, 0.3) is 0 Å². The van der Waals surface area contributed by atoms with Crippen LogP contribution in [-0.4, -0.2) is 23.1 Å². The number of fused-ring (bicyclic) bond motifs is 1. The maximum Gasteiger partial charge on any atom is 0.238 e. The lowest BCUT2D eigenvalue weighted by Crippen LogP contribution is -2.40. The average molecular weight is 318 g/mol. The zero-order valence-electron chi connectivity index (χ0n) is 12.8. The first-order chi connectivity index (χ1) is 10.6. The molecule has 0 spiro atoms. The minimum Gasteiger partial charge on any atom is -0.353 e. The van der Waals surface area contributed by atoms with Crippen LogP contribution >= 0.6 is 11.8 Å². The van der Waals surface area contributed by atoms with Gasteiger partial charge in [0.25, 0.3) is 0 Å². The van der Waals surface area contributed by atoms with E-state index >= 15 is 0 Å². The number of carbonyl (C=O) groups is 2. The van der Waals surface area contributed by atoms with E-state index in [1.165, 1.54) is 24.6 Å².